The van der Waals surface area contributed by atoms with Gasteiger partial charge in [0.15, 0.2) is 0 Å². The van der Waals surface area contributed by atoms with Crippen molar-refractivity contribution in [3.63, 3.8) is 0 Å². The lowest BCUT2D eigenvalue weighted by molar-refractivity contribution is 0.143. The van der Waals surface area contributed by atoms with Gasteiger partial charge in [0.1, 0.15) is 18.5 Å². The minimum Gasteiger partial charge on any atom is -0.481 e. The summed E-state index contributed by atoms with van der Waals surface area (Å²) >= 11 is 0. The molecule has 0 amide bonds. The summed E-state index contributed by atoms with van der Waals surface area (Å²) in [5, 5.41) is 0. The largest absolute Gasteiger partial charge is 0.481 e. The third-order valence-corrected chi connectivity index (χ3v) is 4.90. The van der Waals surface area contributed by atoms with Gasteiger partial charge >= 0.3 is 0 Å². The van der Waals surface area contributed by atoms with E-state index in [0.717, 1.165) is 5.56 Å². The molecule has 26 heavy (non-hydrogen) atoms. The van der Waals surface area contributed by atoms with Crippen LogP contribution in [0.15, 0.2) is 59.5 Å². The Hall–Kier alpha value is -2.29. The van der Waals surface area contributed by atoms with Crippen LogP contribution in [0.1, 0.15) is 26.3 Å². The average molecular weight is 372 g/mol. The maximum atomic E-state index is 12.5. The molecule has 2 aromatic carbocycles. The quantitative estimate of drug-likeness (QED) is 0.583. The molecule has 2 rings (SSSR count). The second-order valence-electron chi connectivity index (χ2n) is 7.03. The molecule has 0 aromatic heterocycles. The predicted octanol–water partition coefficient (Wildman–Crippen LogP) is 4.20. The van der Waals surface area contributed by atoms with E-state index in [1.165, 1.54) is 12.1 Å². The van der Waals surface area contributed by atoms with Gasteiger partial charge in [-0.05, 0) is 31.2 Å². The fourth-order valence-electron chi connectivity index (χ4n) is 2.04. The van der Waals surface area contributed by atoms with Crippen molar-refractivity contribution < 1.29 is 17.3 Å². The molecule has 0 saturated heterocycles. The van der Waals surface area contributed by atoms with Crippen molar-refractivity contribution in [2.45, 2.75) is 38.7 Å². The van der Waals surface area contributed by atoms with Gasteiger partial charge in [-0.15, -0.1) is 0 Å². The van der Waals surface area contributed by atoms with Crippen molar-refractivity contribution in [1.82, 2.24) is 0 Å². The van der Waals surface area contributed by atoms with Crippen molar-refractivity contribution in [1.29, 1.82) is 0 Å². The van der Waals surface area contributed by atoms with E-state index in [2.05, 4.69) is 11.8 Å². The molecule has 0 aliphatic rings. The molecular formula is C21H24O4S. The molecule has 0 fully saturated rings. The van der Waals surface area contributed by atoms with E-state index in [1.54, 1.807) is 12.1 Å². The highest BCUT2D eigenvalue weighted by Crippen LogP contribution is 2.26. The zero-order valence-corrected chi connectivity index (χ0v) is 16.3. The van der Waals surface area contributed by atoms with E-state index in [-0.39, 0.29) is 11.5 Å². The molecule has 1 unspecified atom stereocenters. The molecular weight excluding hydrogens is 348 g/mol. The molecule has 0 N–H and O–H groups in total. The first-order chi connectivity index (χ1) is 12.2. The summed E-state index contributed by atoms with van der Waals surface area (Å²) in [4.78, 5) is 0.125. The lowest BCUT2D eigenvalue weighted by Gasteiger charge is -2.25. The Bertz CT molecular complexity index is 868. The first kappa shape index (κ1) is 20.0. The maximum Gasteiger partial charge on any atom is 0.298 e. The molecule has 2 aromatic rings. The minimum absolute atomic E-state index is 0.125. The summed E-state index contributed by atoms with van der Waals surface area (Å²) in [6, 6.07) is 15.9. The monoisotopic (exact) mass is 372 g/mol. The second-order valence-corrected chi connectivity index (χ2v) is 8.60. The van der Waals surface area contributed by atoms with Gasteiger partial charge in [-0.25, -0.2) is 4.18 Å². The third-order valence-electron chi connectivity index (χ3n) is 3.61. The SMILES string of the molecule is Cc1ccc(S(=O)(=O)OC(C#CCOc2ccccc2)C(C)(C)C)cc1. The Kier molecular flexibility index (Phi) is 6.47. The summed E-state index contributed by atoms with van der Waals surface area (Å²) in [5.74, 6) is 6.46. The summed E-state index contributed by atoms with van der Waals surface area (Å²) < 4.78 is 36.0. The lowest BCUT2D eigenvalue weighted by atomic mass is 9.90. The Morgan fingerprint density at radius 2 is 1.62 bits per heavy atom. The fraction of sp³-hybridized carbons (Fsp3) is 0.333. The van der Waals surface area contributed by atoms with Crippen molar-refractivity contribution in [3.8, 4) is 17.6 Å². The topological polar surface area (TPSA) is 52.6 Å². The van der Waals surface area contributed by atoms with Gasteiger partial charge < -0.3 is 4.74 Å². The van der Waals surface area contributed by atoms with Gasteiger partial charge in [-0.2, -0.15) is 8.42 Å². The van der Waals surface area contributed by atoms with E-state index < -0.39 is 21.6 Å². The second kappa shape index (κ2) is 8.39. The molecule has 1 atom stereocenters. The summed E-state index contributed by atoms with van der Waals surface area (Å²) in [6.07, 6.45) is -0.784. The predicted molar refractivity (Wildman–Crippen MR) is 102 cm³/mol. The van der Waals surface area contributed by atoms with E-state index in [0.29, 0.717) is 5.75 Å². The molecule has 4 nitrogen and oxygen atoms in total. The van der Waals surface area contributed by atoms with Crippen LogP contribution in [0.3, 0.4) is 0 Å². The molecule has 0 aliphatic carbocycles. The zero-order valence-electron chi connectivity index (χ0n) is 15.5. The number of aryl methyl sites for hydroxylation is 1. The van der Waals surface area contributed by atoms with E-state index >= 15 is 0 Å². The molecule has 5 heteroatoms. The van der Waals surface area contributed by atoms with Gasteiger partial charge in [-0.3, -0.25) is 0 Å². The van der Waals surface area contributed by atoms with Crippen LogP contribution in [0.4, 0.5) is 0 Å². The lowest BCUT2D eigenvalue weighted by Crippen LogP contribution is -2.30. The van der Waals surface area contributed by atoms with Crippen LogP contribution in [-0.4, -0.2) is 21.1 Å². The van der Waals surface area contributed by atoms with Crippen LogP contribution >= 0.6 is 0 Å². The molecule has 0 saturated carbocycles. The van der Waals surface area contributed by atoms with Crippen molar-refractivity contribution in [2.75, 3.05) is 6.61 Å². The fourth-order valence-corrected chi connectivity index (χ4v) is 3.21. The number of benzene rings is 2. The summed E-state index contributed by atoms with van der Waals surface area (Å²) in [7, 11) is -3.89. The average Bonchev–Trinajstić information content (AvgIpc) is 2.58. The normalized spacial score (nSPS) is 12.8. The Balaban J connectivity index is 2.10. The molecule has 138 valence electrons. The van der Waals surface area contributed by atoms with Crippen LogP contribution in [0, 0.1) is 24.2 Å². The highest BCUT2D eigenvalue weighted by Gasteiger charge is 2.30. The van der Waals surface area contributed by atoms with Crippen molar-refractivity contribution in [2.24, 2.45) is 5.41 Å². The Morgan fingerprint density at radius 3 is 2.19 bits per heavy atom. The highest BCUT2D eigenvalue weighted by atomic mass is 32.2. The maximum absolute atomic E-state index is 12.5. The van der Waals surface area contributed by atoms with Crippen LogP contribution in [-0.2, 0) is 14.3 Å². The Labute approximate surface area is 156 Å². The van der Waals surface area contributed by atoms with Gasteiger partial charge in [0, 0.05) is 5.41 Å². The van der Waals surface area contributed by atoms with Crippen molar-refractivity contribution in [3.05, 3.63) is 60.2 Å². The van der Waals surface area contributed by atoms with E-state index in [9.17, 15) is 8.42 Å². The van der Waals surface area contributed by atoms with E-state index in [4.69, 9.17) is 8.92 Å². The minimum atomic E-state index is -3.89. The number of ether oxygens (including phenoxy) is 1. The third kappa shape index (κ3) is 5.91. The first-order valence-electron chi connectivity index (χ1n) is 8.35. The van der Waals surface area contributed by atoms with Gasteiger partial charge in [0.25, 0.3) is 10.1 Å². The van der Waals surface area contributed by atoms with Crippen LogP contribution < -0.4 is 4.74 Å². The van der Waals surface area contributed by atoms with Crippen LogP contribution in [0.2, 0.25) is 0 Å². The molecule has 0 heterocycles. The first-order valence-corrected chi connectivity index (χ1v) is 9.75. The van der Waals surface area contributed by atoms with E-state index in [1.807, 2.05) is 58.0 Å². The molecule has 0 spiro atoms. The molecule has 0 radical (unpaired) electrons. The number of rotatable bonds is 5. The molecule has 0 bridgehead atoms. The highest BCUT2D eigenvalue weighted by molar-refractivity contribution is 7.86. The number of para-hydroxylation sites is 1. The smallest absolute Gasteiger partial charge is 0.298 e. The standard InChI is InChI=1S/C21H24O4S/c1-17-12-14-19(15-13-17)26(22,23)25-20(21(2,3)4)11-8-16-24-18-9-6-5-7-10-18/h5-7,9-10,12-15,20H,16H2,1-4H3. The van der Waals surface area contributed by atoms with Gasteiger partial charge in [0.05, 0.1) is 4.90 Å². The van der Waals surface area contributed by atoms with Crippen LogP contribution in [0.25, 0.3) is 0 Å². The zero-order chi connectivity index (χ0) is 19.2. The van der Waals surface area contributed by atoms with Crippen LogP contribution in [0.5, 0.6) is 5.75 Å². The number of hydrogen-bond acceptors (Lipinski definition) is 4. The summed E-state index contributed by atoms with van der Waals surface area (Å²) in [6.45, 7) is 7.71. The van der Waals surface area contributed by atoms with Gasteiger partial charge in [0.2, 0.25) is 0 Å². The van der Waals surface area contributed by atoms with Gasteiger partial charge in [-0.1, -0.05) is 68.5 Å². The number of hydrogen-bond donors (Lipinski definition) is 0. The Morgan fingerprint density at radius 1 is 1.00 bits per heavy atom. The van der Waals surface area contributed by atoms with Crippen molar-refractivity contribution >= 4 is 10.1 Å². The summed E-state index contributed by atoms with van der Waals surface area (Å²) in [5.41, 5.74) is 0.506. The molecule has 0 aliphatic heterocycles.